The van der Waals surface area contributed by atoms with Gasteiger partial charge in [0.25, 0.3) is 0 Å². The lowest BCUT2D eigenvalue weighted by atomic mass is 10.0. The van der Waals surface area contributed by atoms with E-state index < -0.39 is 5.97 Å². The van der Waals surface area contributed by atoms with Crippen LogP contribution in [-0.2, 0) is 24.4 Å². The number of para-hydroxylation sites is 1. The van der Waals surface area contributed by atoms with E-state index in [1.54, 1.807) is 6.07 Å². The number of aromatic nitrogens is 3. The minimum Gasteiger partial charge on any atom is -0.488 e. The van der Waals surface area contributed by atoms with E-state index in [1.807, 2.05) is 37.3 Å². The lowest BCUT2D eigenvalue weighted by Crippen LogP contribution is -2.35. The lowest BCUT2D eigenvalue weighted by Gasteiger charge is -2.30. The maximum atomic E-state index is 11.6. The van der Waals surface area contributed by atoms with E-state index in [-0.39, 0.29) is 11.4 Å². The summed E-state index contributed by atoms with van der Waals surface area (Å²) in [6, 6.07) is 16.7. The predicted octanol–water partition coefficient (Wildman–Crippen LogP) is 5.33. The number of aryl methyl sites for hydroxylation is 2. The number of hydrogen-bond donors (Lipinski definition) is 1. The van der Waals surface area contributed by atoms with Gasteiger partial charge in [0.1, 0.15) is 17.9 Å². The molecule has 2 aromatic carbocycles. The Morgan fingerprint density at radius 2 is 1.80 bits per heavy atom. The van der Waals surface area contributed by atoms with Crippen LogP contribution in [0.2, 0.25) is 0 Å². The summed E-state index contributed by atoms with van der Waals surface area (Å²) in [7, 11) is 1.42. The second-order valence-electron chi connectivity index (χ2n) is 10.7. The van der Waals surface area contributed by atoms with Gasteiger partial charge in [-0.3, -0.25) is 4.90 Å². The van der Waals surface area contributed by atoms with Gasteiger partial charge in [-0.15, -0.1) is 0 Å². The molecule has 2 aromatic heterocycles. The SMILES string of the molecule is COc1c(C(=O)O)cnn1-c1cccc(-c2cccc(C)c2OCc2cc3c(cc2C)CN(C2CCOCC2)C3)n1. The summed E-state index contributed by atoms with van der Waals surface area (Å²) in [4.78, 5) is 19.0. The fraction of sp³-hybridized carbons (Fsp3) is 0.344. The molecule has 2 aliphatic heterocycles. The van der Waals surface area contributed by atoms with Crippen molar-refractivity contribution in [2.24, 2.45) is 0 Å². The third-order valence-corrected chi connectivity index (χ3v) is 8.07. The van der Waals surface area contributed by atoms with Crippen molar-refractivity contribution in [1.82, 2.24) is 19.7 Å². The standard InChI is InChI=1S/C32H34N4O5/c1-20-6-4-7-26(28-8-5-9-29(34-28)36-31(39-3)27(16-33-36)32(37)38)30(20)41-19-24-15-23-18-35(17-22(23)14-21(24)2)25-10-12-40-13-11-25/h4-9,14-16,25H,10-13,17-19H2,1-3H3,(H,37,38). The second-order valence-corrected chi connectivity index (χ2v) is 10.7. The van der Waals surface area contributed by atoms with Gasteiger partial charge in [0.05, 0.1) is 19.0 Å². The molecule has 4 aromatic rings. The first kappa shape index (κ1) is 27.0. The number of carboxylic acids is 1. The highest BCUT2D eigenvalue weighted by Gasteiger charge is 2.28. The van der Waals surface area contributed by atoms with Crippen LogP contribution >= 0.6 is 0 Å². The first-order valence-corrected chi connectivity index (χ1v) is 13.9. The summed E-state index contributed by atoms with van der Waals surface area (Å²) >= 11 is 0. The molecule has 4 heterocycles. The Labute approximate surface area is 239 Å². The summed E-state index contributed by atoms with van der Waals surface area (Å²) in [5.74, 6) is 0.212. The molecule has 0 spiro atoms. The molecule has 0 atom stereocenters. The van der Waals surface area contributed by atoms with Crippen molar-refractivity contribution in [2.75, 3.05) is 20.3 Å². The van der Waals surface area contributed by atoms with Gasteiger partial charge in [-0.25, -0.2) is 9.78 Å². The highest BCUT2D eigenvalue weighted by atomic mass is 16.5. The second kappa shape index (κ2) is 11.3. The van der Waals surface area contributed by atoms with Crippen molar-refractivity contribution in [3.05, 3.63) is 88.1 Å². The fourth-order valence-electron chi connectivity index (χ4n) is 5.85. The average Bonchev–Trinajstić information content (AvgIpc) is 3.61. The van der Waals surface area contributed by atoms with Gasteiger partial charge in [-0.1, -0.05) is 30.3 Å². The van der Waals surface area contributed by atoms with E-state index in [0.717, 1.165) is 56.0 Å². The van der Waals surface area contributed by atoms with Crippen molar-refractivity contribution in [3.63, 3.8) is 0 Å². The zero-order chi connectivity index (χ0) is 28.5. The molecule has 0 aliphatic carbocycles. The van der Waals surface area contributed by atoms with E-state index in [9.17, 15) is 9.90 Å². The van der Waals surface area contributed by atoms with Gasteiger partial charge >= 0.3 is 5.97 Å². The van der Waals surface area contributed by atoms with E-state index >= 15 is 0 Å². The number of nitrogens with zero attached hydrogens (tertiary/aromatic N) is 4. The molecule has 0 saturated carbocycles. The van der Waals surface area contributed by atoms with Crippen LogP contribution in [0, 0.1) is 13.8 Å². The molecule has 0 unspecified atom stereocenters. The van der Waals surface area contributed by atoms with Crippen LogP contribution in [0.25, 0.3) is 17.1 Å². The molecule has 0 amide bonds. The van der Waals surface area contributed by atoms with Crippen molar-refractivity contribution in [1.29, 1.82) is 0 Å². The average molecular weight is 555 g/mol. The fourth-order valence-corrected chi connectivity index (χ4v) is 5.85. The highest BCUT2D eigenvalue weighted by Crippen LogP contribution is 2.35. The van der Waals surface area contributed by atoms with Crippen LogP contribution in [-0.4, -0.2) is 57.1 Å². The summed E-state index contributed by atoms with van der Waals surface area (Å²) in [5.41, 5.74) is 7.71. The van der Waals surface area contributed by atoms with Crippen LogP contribution in [0.15, 0.2) is 54.7 Å². The number of ether oxygens (including phenoxy) is 3. The normalized spacial score (nSPS) is 15.6. The van der Waals surface area contributed by atoms with Gasteiger partial charge in [0.2, 0.25) is 5.88 Å². The van der Waals surface area contributed by atoms with Crippen LogP contribution < -0.4 is 9.47 Å². The molecule has 9 nitrogen and oxygen atoms in total. The van der Waals surface area contributed by atoms with Gasteiger partial charge in [-0.05, 0) is 72.7 Å². The summed E-state index contributed by atoms with van der Waals surface area (Å²) in [6.07, 6.45) is 3.46. The zero-order valence-electron chi connectivity index (χ0n) is 23.6. The molecule has 212 valence electrons. The topological polar surface area (TPSA) is 98.9 Å². The van der Waals surface area contributed by atoms with E-state index in [1.165, 1.54) is 40.2 Å². The molecule has 6 rings (SSSR count). The van der Waals surface area contributed by atoms with Crippen molar-refractivity contribution in [3.8, 4) is 28.7 Å². The van der Waals surface area contributed by atoms with Gasteiger partial charge in [0.15, 0.2) is 5.82 Å². The minimum absolute atomic E-state index is 0.0279. The quantitative estimate of drug-likeness (QED) is 0.312. The first-order chi connectivity index (χ1) is 19.9. The number of carbonyl (C=O) groups is 1. The Balaban J connectivity index is 1.25. The van der Waals surface area contributed by atoms with Crippen molar-refractivity contribution < 1.29 is 24.1 Å². The number of aromatic carboxylic acids is 1. The molecule has 0 bridgehead atoms. The smallest absolute Gasteiger partial charge is 0.342 e. The molecule has 1 N–H and O–H groups in total. The molecule has 1 fully saturated rings. The lowest BCUT2D eigenvalue weighted by molar-refractivity contribution is 0.0326. The molecule has 1 saturated heterocycles. The predicted molar refractivity (Wildman–Crippen MR) is 154 cm³/mol. The number of pyridine rings is 1. The molecule has 9 heteroatoms. The first-order valence-electron chi connectivity index (χ1n) is 13.9. The zero-order valence-corrected chi connectivity index (χ0v) is 23.6. The van der Waals surface area contributed by atoms with Crippen molar-refractivity contribution in [2.45, 2.75) is 52.4 Å². The van der Waals surface area contributed by atoms with Crippen LogP contribution in [0.5, 0.6) is 11.6 Å². The van der Waals surface area contributed by atoms with Gasteiger partial charge in [-0.2, -0.15) is 9.78 Å². The Morgan fingerprint density at radius 1 is 1.05 bits per heavy atom. The van der Waals surface area contributed by atoms with Gasteiger partial charge < -0.3 is 19.3 Å². The Hall–Kier alpha value is -4.21. The van der Waals surface area contributed by atoms with Crippen molar-refractivity contribution >= 4 is 5.97 Å². The summed E-state index contributed by atoms with van der Waals surface area (Å²) < 4.78 is 18.8. The van der Waals surface area contributed by atoms with Crippen LogP contribution in [0.3, 0.4) is 0 Å². The minimum atomic E-state index is -1.11. The Bertz CT molecular complexity index is 1590. The molecule has 0 radical (unpaired) electrons. The summed E-state index contributed by atoms with van der Waals surface area (Å²) in [6.45, 7) is 8.31. The molecular formula is C32H34N4O5. The number of fused-ring (bicyclic) bond motifs is 1. The molecule has 41 heavy (non-hydrogen) atoms. The monoisotopic (exact) mass is 554 g/mol. The maximum absolute atomic E-state index is 11.6. The Morgan fingerprint density at radius 3 is 2.56 bits per heavy atom. The van der Waals surface area contributed by atoms with Gasteiger partial charge in [0, 0.05) is 37.9 Å². The van der Waals surface area contributed by atoms with Crippen LogP contribution in [0.4, 0.5) is 0 Å². The number of hydrogen-bond acceptors (Lipinski definition) is 7. The largest absolute Gasteiger partial charge is 0.488 e. The number of methoxy groups -OCH3 is 1. The van der Waals surface area contributed by atoms with E-state index in [2.05, 4.69) is 29.1 Å². The maximum Gasteiger partial charge on any atom is 0.342 e. The number of benzene rings is 2. The molecular weight excluding hydrogens is 520 g/mol. The van der Waals surface area contributed by atoms with Crippen LogP contribution in [0.1, 0.15) is 51.0 Å². The highest BCUT2D eigenvalue weighted by molar-refractivity contribution is 5.90. The Kier molecular flexibility index (Phi) is 7.47. The van der Waals surface area contributed by atoms with E-state index in [0.29, 0.717) is 24.2 Å². The number of rotatable bonds is 8. The summed E-state index contributed by atoms with van der Waals surface area (Å²) in [5, 5.41) is 13.7. The third-order valence-electron chi connectivity index (χ3n) is 8.07. The third kappa shape index (κ3) is 5.30. The molecule has 2 aliphatic rings. The van der Waals surface area contributed by atoms with E-state index in [4.69, 9.17) is 19.2 Å². The number of carboxylic acid groups (broad SMARTS) is 1.